The number of carbonyl (C=O) groups is 2. The third-order valence-corrected chi connectivity index (χ3v) is 5.82. The Morgan fingerprint density at radius 3 is 2.83 bits per heavy atom. The molecule has 0 radical (unpaired) electrons. The second-order valence-electron chi connectivity index (χ2n) is 8.47. The number of halogens is 1. The predicted octanol–water partition coefficient (Wildman–Crippen LogP) is 4.43. The summed E-state index contributed by atoms with van der Waals surface area (Å²) in [7, 11) is 0. The van der Waals surface area contributed by atoms with E-state index in [2.05, 4.69) is 29.7 Å². The molecule has 0 bridgehead atoms. The first kappa shape index (κ1) is 22.5. The van der Waals surface area contributed by atoms with E-state index in [4.69, 9.17) is 4.74 Å². The van der Waals surface area contributed by atoms with Crippen LogP contribution in [0.15, 0.2) is 30.4 Å². The lowest BCUT2D eigenvalue weighted by molar-refractivity contribution is -0.136. The van der Waals surface area contributed by atoms with E-state index in [0.717, 1.165) is 31.4 Å². The van der Waals surface area contributed by atoms with Gasteiger partial charge in [-0.2, -0.15) is 0 Å². The molecule has 3 rings (SSSR count). The summed E-state index contributed by atoms with van der Waals surface area (Å²) < 4.78 is 19.6. The summed E-state index contributed by atoms with van der Waals surface area (Å²) in [6.07, 6.45) is 11.4. The second kappa shape index (κ2) is 11.3. The fourth-order valence-electron chi connectivity index (χ4n) is 3.56. The third kappa shape index (κ3) is 7.24. The predicted molar refractivity (Wildman–Crippen MR) is 115 cm³/mol. The average molecular weight is 417 g/mol. The number of ether oxygens (including phenoxy) is 1. The zero-order chi connectivity index (χ0) is 21.3. The summed E-state index contributed by atoms with van der Waals surface area (Å²) in [5.41, 5.74) is 1.03. The summed E-state index contributed by atoms with van der Waals surface area (Å²) in [6.45, 7) is 3.58. The van der Waals surface area contributed by atoms with Crippen LogP contribution in [0.4, 0.5) is 4.39 Å². The molecule has 1 unspecified atom stereocenters. The Morgan fingerprint density at radius 2 is 2.07 bits per heavy atom. The number of amides is 2. The summed E-state index contributed by atoms with van der Waals surface area (Å²) in [5.74, 6) is 0.280. The fourth-order valence-corrected chi connectivity index (χ4v) is 3.56. The molecule has 0 aromatic heterocycles. The molecule has 1 aliphatic heterocycles. The Labute approximate surface area is 178 Å². The van der Waals surface area contributed by atoms with Crippen molar-refractivity contribution >= 4 is 11.8 Å². The van der Waals surface area contributed by atoms with Crippen LogP contribution in [0.1, 0.15) is 69.9 Å². The molecule has 1 aromatic rings. The highest BCUT2D eigenvalue weighted by atomic mass is 19.1. The van der Waals surface area contributed by atoms with Crippen molar-refractivity contribution in [2.24, 2.45) is 11.8 Å². The van der Waals surface area contributed by atoms with Crippen molar-refractivity contribution in [1.29, 1.82) is 0 Å². The van der Waals surface area contributed by atoms with Crippen LogP contribution in [0.25, 0.3) is 0 Å². The Kier molecular flexibility index (Phi) is 8.43. The smallest absolute Gasteiger partial charge is 0.229 e. The van der Waals surface area contributed by atoms with Crippen LogP contribution in [0.5, 0.6) is 5.75 Å². The summed E-state index contributed by atoms with van der Waals surface area (Å²) in [5, 5.41) is 5.88. The number of rotatable bonds is 12. The minimum Gasteiger partial charge on any atom is -0.490 e. The molecule has 2 aliphatic rings. The molecule has 6 heteroatoms. The van der Waals surface area contributed by atoms with E-state index in [1.165, 1.54) is 18.9 Å². The van der Waals surface area contributed by atoms with Crippen LogP contribution in [0, 0.1) is 17.7 Å². The van der Waals surface area contributed by atoms with E-state index in [-0.39, 0.29) is 29.6 Å². The zero-order valence-electron chi connectivity index (χ0n) is 17.8. The lowest BCUT2D eigenvalue weighted by atomic mass is 9.94. The molecule has 30 heavy (non-hydrogen) atoms. The molecular formula is C24H33FN2O3. The summed E-state index contributed by atoms with van der Waals surface area (Å²) in [6, 6.07) is 5.25. The summed E-state index contributed by atoms with van der Waals surface area (Å²) >= 11 is 0. The Balaban J connectivity index is 1.29. The Morgan fingerprint density at radius 1 is 1.23 bits per heavy atom. The van der Waals surface area contributed by atoms with Gasteiger partial charge in [-0.15, -0.1) is 0 Å². The van der Waals surface area contributed by atoms with Gasteiger partial charge >= 0.3 is 0 Å². The number of carbonyl (C=O) groups excluding carboxylic acids is 2. The van der Waals surface area contributed by atoms with Crippen molar-refractivity contribution in [3.8, 4) is 5.75 Å². The van der Waals surface area contributed by atoms with E-state index >= 15 is 0 Å². The largest absolute Gasteiger partial charge is 0.490 e. The van der Waals surface area contributed by atoms with Crippen molar-refractivity contribution in [2.75, 3.05) is 13.2 Å². The number of nitrogens with one attached hydrogen (secondary N) is 2. The summed E-state index contributed by atoms with van der Waals surface area (Å²) in [4.78, 5) is 22.8. The molecule has 0 spiro atoms. The molecule has 1 saturated heterocycles. The molecule has 2 amide bonds. The standard InChI is InChI=1S/C24H33FN2O3/c1-17(20-10-12-21(25)22(15-20)30-16-18-8-9-18)26-14-6-4-2-3-5-7-19-11-13-23(28)27-24(19)29/h3,5,10,12,15,17-19,26H,2,4,6-9,11,13-14,16H2,1H3,(H,27,28,29)/b5-3+/t17-,19?/m1/s1. The first-order valence-corrected chi connectivity index (χ1v) is 11.2. The number of allylic oxidation sites excluding steroid dienone is 2. The monoisotopic (exact) mass is 416 g/mol. The minimum absolute atomic E-state index is 0.0738. The SMILES string of the molecule is C[C@@H](NCCCC/C=C/CC1CCC(=O)NC1=O)c1ccc(F)c(OCC2CC2)c1. The van der Waals surface area contributed by atoms with Crippen LogP contribution >= 0.6 is 0 Å². The number of benzene rings is 1. The Hall–Kier alpha value is -2.21. The van der Waals surface area contributed by atoms with Crippen LogP contribution in [0.2, 0.25) is 0 Å². The van der Waals surface area contributed by atoms with Gasteiger partial charge in [-0.05, 0) is 82.0 Å². The maximum absolute atomic E-state index is 13.9. The quantitative estimate of drug-likeness (QED) is 0.300. The number of hydrogen-bond acceptors (Lipinski definition) is 4. The van der Waals surface area contributed by atoms with Crippen molar-refractivity contribution in [1.82, 2.24) is 10.6 Å². The minimum atomic E-state index is -0.296. The third-order valence-electron chi connectivity index (χ3n) is 5.82. The van der Waals surface area contributed by atoms with Gasteiger partial charge in [0, 0.05) is 18.4 Å². The zero-order valence-corrected chi connectivity index (χ0v) is 17.8. The van der Waals surface area contributed by atoms with Crippen molar-refractivity contribution in [3.05, 3.63) is 41.7 Å². The molecule has 2 fully saturated rings. The van der Waals surface area contributed by atoms with Crippen molar-refractivity contribution < 1.29 is 18.7 Å². The van der Waals surface area contributed by atoms with E-state index in [1.54, 1.807) is 0 Å². The van der Waals surface area contributed by atoms with Gasteiger partial charge in [0.05, 0.1) is 6.61 Å². The van der Waals surface area contributed by atoms with Crippen LogP contribution in [-0.2, 0) is 9.59 Å². The maximum atomic E-state index is 13.9. The first-order chi connectivity index (χ1) is 14.5. The van der Waals surface area contributed by atoms with Gasteiger partial charge in [0.2, 0.25) is 11.8 Å². The molecule has 1 aromatic carbocycles. The molecule has 1 heterocycles. The van der Waals surface area contributed by atoms with Crippen molar-refractivity contribution in [3.63, 3.8) is 0 Å². The van der Waals surface area contributed by atoms with Crippen LogP contribution in [0.3, 0.4) is 0 Å². The number of piperidine rings is 1. The number of unbranched alkanes of at least 4 members (excludes halogenated alkanes) is 2. The fraction of sp³-hybridized carbons (Fsp3) is 0.583. The van der Waals surface area contributed by atoms with Crippen molar-refractivity contribution in [2.45, 2.75) is 64.3 Å². The van der Waals surface area contributed by atoms with Gasteiger partial charge in [0.1, 0.15) is 0 Å². The van der Waals surface area contributed by atoms with Gasteiger partial charge in [0.15, 0.2) is 11.6 Å². The molecule has 5 nitrogen and oxygen atoms in total. The van der Waals surface area contributed by atoms with E-state index in [9.17, 15) is 14.0 Å². The molecule has 1 saturated carbocycles. The second-order valence-corrected chi connectivity index (χ2v) is 8.47. The van der Waals surface area contributed by atoms with E-state index in [0.29, 0.717) is 37.5 Å². The highest BCUT2D eigenvalue weighted by molar-refractivity contribution is 5.98. The lowest BCUT2D eigenvalue weighted by Crippen LogP contribution is -2.40. The van der Waals surface area contributed by atoms with E-state index < -0.39 is 0 Å². The topological polar surface area (TPSA) is 67.4 Å². The highest BCUT2D eigenvalue weighted by Gasteiger charge is 2.25. The molecule has 1 aliphatic carbocycles. The molecule has 164 valence electrons. The first-order valence-electron chi connectivity index (χ1n) is 11.2. The lowest BCUT2D eigenvalue weighted by Gasteiger charge is -2.19. The van der Waals surface area contributed by atoms with Gasteiger partial charge < -0.3 is 10.1 Å². The number of imide groups is 1. The molecule has 2 N–H and O–H groups in total. The van der Waals surface area contributed by atoms with Crippen LogP contribution in [-0.4, -0.2) is 25.0 Å². The molecular weight excluding hydrogens is 383 g/mol. The average Bonchev–Trinajstić information content (AvgIpc) is 3.55. The van der Waals surface area contributed by atoms with Gasteiger partial charge in [-0.25, -0.2) is 4.39 Å². The highest BCUT2D eigenvalue weighted by Crippen LogP contribution is 2.31. The van der Waals surface area contributed by atoms with Crippen LogP contribution < -0.4 is 15.4 Å². The normalized spacial score (nSPS) is 20.4. The Bertz CT molecular complexity index is 761. The van der Waals surface area contributed by atoms with Gasteiger partial charge in [-0.1, -0.05) is 18.2 Å². The van der Waals surface area contributed by atoms with Gasteiger partial charge in [0.25, 0.3) is 0 Å². The van der Waals surface area contributed by atoms with E-state index in [1.807, 2.05) is 12.1 Å². The maximum Gasteiger partial charge on any atom is 0.229 e. The number of hydrogen-bond donors (Lipinski definition) is 2. The van der Waals surface area contributed by atoms with Gasteiger partial charge in [-0.3, -0.25) is 14.9 Å². The molecule has 2 atom stereocenters.